The SMILES string of the molecule is CCON=Cc1ccc(OCCCC2CCCN(c3ccc(Cl)nn3)C2)cc1. The van der Waals surface area contributed by atoms with Gasteiger partial charge in [-0.1, -0.05) is 16.8 Å². The van der Waals surface area contributed by atoms with Crippen molar-refractivity contribution in [1.82, 2.24) is 10.2 Å². The second-order valence-corrected chi connectivity index (χ2v) is 7.27. The Hall–Kier alpha value is -2.34. The third-order valence-electron chi connectivity index (χ3n) is 4.77. The number of halogens is 1. The van der Waals surface area contributed by atoms with Gasteiger partial charge in [-0.15, -0.1) is 10.2 Å². The summed E-state index contributed by atoms with van der Waals surface area (Å²) in [6.07, 6.45) is 6.33. The normalized spacial score (nSPS) is 17.1. The molecule has 0 amide bonds. The van der Waals surface area contributed by atoms with E-state index in [-0.39, 0.29) is 0 Å². The summed E-state index contributed by atoms with van der Waals surface area (Å²) in [7, 11) is 0. The first-order valence-corrected chi connectivity index (χ1v) is 10.2. The van der Waals surface area contributed by atoms with Crippen molar-refractivity contribution >= 4 is 23.6 Å². The average Bonchev–Trinajstić information content (AvgIpc) is 2.73. The van der Waals surface area contributed by atoms with Crippen molar-refractivity contribution in [3.63, 3.8) is 0 Å². The van der Waals surface area contributed by atoms with Crippen molar-refractivity contribution < 1.29 is 9.57 Å². The summed E-state index contributed by atoms with van der Waals surface area (Å²) >= 11 is 5.83. The highest BCUT2D eigenvalue weighted by atomic mass is 35.5. The van der Waals surface area contributed by atoms with E-state index in [4.69, 9.17) is 21.2 Å². The highest BCUT2D eigenvalue weighted by Crippen LogP contribution is 2.25. The van der Waals surface area contributed by atoms with Gasteiger partial charge in [0, 0.05) is 13.1 Å². The summed E-state index contributed by atoms with van der Waals surface area (Å²) in [5, 5.41) is 12.5. The van der Waals surface area contributed by atoms with Crippen LogP contribution in [0.1, 0.15) is 38.2 Å². The standard InChI is InChI=1S/C21H27ClN4O2/c1-2-28-23-15-17-7-9-19(10-8-17)27-14-4-6-18-5-3-13-26(16-18)21-12-11-20(22)24-25-21/h7-12,15,18H,2-6,13-14,16H2,1H3. The maximum absolute atomic E-state index is 5.88. The molecule has 2 heterocycles. The zero-order chi connectivity index (χ0) is 19.6. The predicted octanol–water partition coefficient (Wildman–Crippen LogP) is 4.58. The van der Waals surface area contributed by atoms with Gasteiger partial charge in [-0.25, -0.2) is 0 Å². The number of anilines is 1. The molecule has 0 spiro atoms. The number of rotatable bonds is 9. The van der Waals surface area contributed by atoms with Crippen LogP contribution >= 0.6 is 11.6 Å². The van der Waals surface area contributed by atoms with E-state index in [0.29, 0.717) is 17.7 Å². The Bertz CT molecular complexity index is 737. The second-order valence-electron chi connectivity index (χ2n) is 6.88. The van der Waals surface area contributed by atoms with Crippen LogP contribution in [-0.2, 0) is 4.84 Å². The third kappa shape index (κ3) is 6.37. The number of oxime groups is 1. The molecule has 1 fully saturated rings. The van der Waals surface area contributed by atoms with Crippen LogP contribution in [0.2, 0.25) is 5.15 Å². The summed E-state index contributed by atoms with van der Waals surface area (Å²) in [5.41, 5.74) is 0.994. The molecule has 1 aromatic carbocycles. The summed E-state index contributed by atoms with van der Waals surface area (Å²) < 4.78 is 5.88. The van der Waals surface area contributed by atoms with E-state index < -0.39 is 0 Å². The summed E-state index contributed by atoms with van der Waals surface area (Å²) in [6, 6.07) is 11.6. The molecule has 3 rings (SSSR count). The van der Waals surface area contributed by atoms with Crippen LogP contribution < -0.4 is 9.64 Å². The monoisotopic (exact) mass is 402 g/mol. The third-order valence-corrected chi connectivity index (χ3v) is 4.97. The van der Waals surface area contributed by atoms with Crippen molar-refractivity contribution in [3.05, 3.63) is 47.1 Å². The van der Waals surface area contributed by atoms with Gasteiger partial charge in [-0.2, -0.15) is 0 Å². The fourth-order valence-electron chi connectivity index (χ4n) is 3.37. The van der Waals surface area contributed by atoms with Gasteiger partial charge in [0.2, 0.25) is 0 Å². The molecule has 1 aromatic heterocycles. The Morgan fingerprint density at radius 1 is 1.21 bits per heavy atom. The van der Waals surface area contributed by atoms with Crippen LogP contribution in [0.5, 0.6) is 5.75 Å². The molecule has 1 atom stereocenters. The van der Waals surface area contributed by atoms with Gasteiger partial charge in [-0.3, -0.25) is 0 Å². The highest BCUT2D eigenvalue weighted by Gasteiger charge is 2.20. The lowest BCUT2D eigenvalue weighted by Gasteiger charge is -2.33. The lowest BCUT2D eigenvalue weighted by molar-refractivity contribution is 0.160. The predicted molar refractivity (Wildman–Crippen MR) is 112 cm³/mol. The van der Waals surface area contributed by atoms with Crippen molar-refractivity contribution in [2.75, 3.05) is 31.2 Å². The van der Waals surface area contributed by atoms with E-state index in [1.807, 2.05) is 37.3 Å². The first-order valence-electron chi connectivity index (χ1n) is 9.87. The Labute approximate surface area is 171 Å². The van der Waals surface area contributed by atoms with Gasteiger partial charge < -0.3 is 14.5 Å². The Kier molecular flexibility index (Phi) is 7.91. The molecule has 0 saturated carbocycles. The van der Waals surface area contributed by atoms with Gasteiger partial charge in [0.1, 0.15) is 12.4 Å². The zero-order valence-electron chi connectivity index (χ0n) is 16.3. The maximum atomic E-state index is 5.88. The summed E-state index contributed by atoms with van der Waals surface area (Å²) in [6.45, 7) is 5.25. The molecule has 0 N–H and O–H groups in total. The quantitative estimate of drug-likeness (QED) is 0.349. The fourth-order valence-corrected chi connectivity index (χ4v) is 3.47. The molecule has 0 aliphatic carbocycles. The number of hydrogen-bond donors (Lipinski definition) is 0. The number of aromatic nitrogens is 2. The Morgan fingerprint density at radius 3 is 2.82 bits per heavy atom. The van der Waals surface area contributed by atoms with Gasteiger partial charge in [0.05, 0.1) is 12.8 Å². The van der Waals surface area contributed by atoms with Crippen molar-refractivity contribution in [1.29, 1.82) is 0 Å². The maximum Gasteiger partial charge on any atom is 0.151 e. The molecule has 1 aliphatic rings. The summed E-state index contributed by atoms with van der Waals surface area (Å²) in [5.74, 6) is 2.46. The van der Waals surface area contributed by atoms with E-state index in [9.17, 15) is 0 Å². The minimum atomic E-state index is 0.434. The molecule has 1 saturated heterocycles. The molecule has 150 valence electrons. The van der Waals surface area contributed by atoms with Crippen molar-refractivity contribution in [2.24, 2.45) is 11.1 Å². The molecule has 28 heavy (non-hydrogen) atoms. The molecule has 1 unspecified atom stereocenters. The number of ether oxygens (including phenoxy) is 1. The topological polar surface area (TPSA) is 59.8 Å². The smallest absolute Gasteiger partial charge is 0.151 e. The van der Waals surface area contributed by atoms with Gasteiger partial charge in [0.25, 0.3) is 0 Å². The van der Waals surface area contributed by atoms with Gasteiger partial charge in [0.15, 0.2) is 11.0 Å². The van der Waals surface area contributed by atoms with Crippen molar-refractivity contribution in [2.45, 2.75) is 32.6 Å². The highest BCUT2D eigenvalue weighted by molar-refractivity contribution is 6.29. The first-order chi connectivity index (χ1) is 13.7. The number of piperidine rings is 1. The van der Waals surface area contributed by atoms with E-state index in [2.05, 4.69) is 20.3 Å². The number of hydrogen-bond acceptors (Lipinski definition) is 6. The lowest BCUT2D eigenvalue weighted by atomic mass is 9.93. The molecular weight excluding hydrogens is 376 g/mol. The van der Waals surface area contributed by atoms with Crippen LogP contribution in [-0.4, -0.2) is 42.7 Å². The zero-order valence-corrected chi connectivity index (χ0v) is 17.0. The first kappa shape index (κ1) is 20.4. The molecular formula is C21H27ClN4O2. The molecule has 6 nitrogen and oxygen atoms in total. The Morgan fingerprint density at radius 2 is 2.07 bits per heavy atom. The van der Waals surface area contributed by atoms with E-state index in [1.165, 1.54) is 12.8 Å². The van der Waals surface area contributed by atoms with Crippen LogP contribution in [0.4, 0.5) is 5.82 Å². The average molecular weight is 403 g/mol. The van der Waals surface area contributed by atoms with E-state index >= 15 is 0 Å². The minimum absolute atomic E-state index is 0.434. The van der Waals surface area contributed by atoms with Crippen LogP contribution in [0.3, 0.4) is 0 Å². The molecule has 7 heteroatoms. The Balaban J connectivity index is 1.38. The number of nitrogens with zero attached hydrogens (tertiary/aromatic N) is 4. The van der Waals surface area contributed by atoms with Crippen LogP contribution in [0.15, 0.2) is 41.6 Å². The summed E-state index contributed by atoms with van der Waals surface area (Å²) in [4.78, 5) is 7.27. The molecule has 0 bridgehead atoms. The van der Waals surface area contributed by atoms with Crippen LogP contribution in [0.25, 0.3) is 0 Å². The second kappa shape index (κ2) is 10.9. The van der Waals surface area contributed by atoms with E-state index in [0.717, 1.165) is 49.7 Å². The fraction of sp³-hybridized carbons (Fsp3) is 0.476. The largest absolute Gasteiger partial charge is 0.494 e. The van der Waals surface area contributed by atoms with Crippen LogP contribution in [0, 0.1) is 5.92 Å². The lowest BCUT2D eigenvalue weighted by Crippen LogP contribution is -2.36. The molecule has 2 aromatic rings. The van der Waals surface area contributed by atoms with Gasteiger partial charge >= 0.3 is 0 Å². The van der Waals surface area contributed by atoms with E-state index in [1.54, 1.807) is 12.3 Å². The van der Waals surface area contributed by atoms with Crippen molar-refractivity contribution in [3.8, 4) is 5.75 Å². The van der Waals surface area contributed by atoms with Gasteiger partial charge in [-0.05, 0) is 80.5 Å². The molecule has 0 radical (unpaired) electrons. The minimum Gasteiger partial charge on any atom is -0.494 e. The molecule has 1 aliphatic heterocycles. The number of benzene rings is 1.